The van der Waals surface area contributed by atoms with Crippen LogP contribution < -0.4 is 14.8 Å². The highest BCUT2D eigenvalue weighted by Crippen LogP contribution is 2.06. The summed E-state index contributed by atoms with van der Waals surface area (Å²) < 4.78 is 29.3. The molecule has 1 heterocycles. The first-order chi connectivity index (χ1) is 7.57. The largest absolute Gasteiger partial charge is 0.494 e. The Hall–Kier alpha value is -1.41. The van der Waals surface area contributed by atoms with E-state index in [-0.39, 0.29) is 12.3 Å². The number of ether oxygens (including phenoxy) is 1. The Labute approximate surface area is 94.3 Å². The van der Waals surface area contributed by atoms with E-state index in [0.717, 1.165) is 0 Å². The fraction of sp³-hybridized carbons (Fsp3) is 0.500. The van der Waals surface area contributed by atoms with Gasteiger partial charge in [-0.25, -0.2) is 23.1 Å². The molecule has 0 saturated heterocycles. The number of nitrogens with zero attached hydrogens (tertiary/aromatic N) is 2. The smallest absolute Gasteiger partial charge is 0.222 e. The normalized spacial score (nSPS) is 11.1. The average molecular weight is 246 g/mol. The van der Waals surface area contributed by atoms with Gasteiger partial charge in [-0.2, -0.15) is 0 Å². The minimum Gasteiger partial charge on any atom is -0.494 e. The SMILES string of the molecule is CNS(=O)(=O)CCNc1ncc(OC)cn1. The van der Waals surface area contributed by atoms with Gasteiger partial charge in [-0.05, 0) is 7.05 Å². The van der Waals surface area contributed by atoms with Gasteiger partial charge in [-0.3, -0.25) is 0 Å². The molecule has 0 saturated carbocycles. The molecule has 8 heteroatoms. The van der Waals surface area contributed by atoms with Gasteiger partial charge in [0.25, 0.3) is 0 Å². The zero-order chi connectivity index (χ0) is 12.0. The molecule has 0 aliphatic heterocycles. The van der Waals surface area contributed by atoms with Crippen molar-refractivity contribution in [2.24, 2.45) is 0 Å². The summed E-state index contributed by atoms with van der Waals surface area (Å²) in [6, 6.07) is 0. The van der Waals surface area contributed by atoms with Gasteiger partial charge in [0.1, 0.15) is 0 Å². The molecule has 0 aliphatic carbocycles. The maximum Gasteiger partial charge on any atom is 0.222 e. The summed E-state index contributed by atoms with van der Waals surface area (Å²) in [5.41, 5.74) is 0. The first-order valence-electron chi connectivity index (χ1n) is 4.58. The highest BCUT2D eigenvalue weighted by molar-refractivity contribution is 7.89. The Bertz CT molecular complexity index is 417. The fourth-order valence-corrected chi connectivity index (χ4v) is 1.49. The Kier molecular flexibility index (Phi) is 4.44. The molecule has 0 aromatic carbocycles. The number of hydrogen-bond acceptors (Lipinski definition) is 6. The molecular formula is C8H14N4O3S. The quantitative estimate of drug-likeness (QED) is 0.699. The summed E-state index contributed by atoms with van der Waals surface area (Å²) in [6.45, 7) is 0.246. The monoisotopic (exact) mass is 246 g/mol. The number of sulfonamides is 1. The highest BCUT2D eigenvalue weighted by Gasteiger charge is 2.06. The Morgan fingerprint density at radius 1 is 1.38 bits per heavy atom. The highest BCUT2D eigenvalue weighted by atomic mass is 32.2. The van der Waals surface area contributed by atoms with Crippen LogP contribution in [0.1, 0.15) is 0 Å². The van der Waals surface area contributed by atoms with Crippen molar-refractivity contribution in [1.29, 1.82) is 0 Å². The number of methoxy groups -OCH3 is 1. The third kappa shape index (κ3) is 3.99. The van der Waals surface area contributed by atoms with Crippen LogP contribution >= 0.6 is 0 Å². The Morgan fingerprint density at radius 3 is 2.50 bits per heavy atom. The summed E-state index contributed by atoms with van der Waals surface area (Å²) >= 11 is 0. The molecule has 1 aromatic rings. The van der Waals surface area contributed by atoms with Crippen LogP contribution in [0.2, 0.25) is 0 Å². The van der Waals surface area contributed by atoms with Gasteiger partial charge in [-0.1, -0.05) is 0 Å². The van der Waals surface area contributed by atoms with E-state index < -0.39 is 10.0 Å². The molecule has 7 nitrogen and oxygen atoms in total. The molecule has 1 aromatic heterocycles. The van der Waals surface area contributed by atoms with Gasteiger partial charge < -0.3 is 10.1 Å². The standard InChI is InChI=1S/C8H14N4O3S/c1-9-16(13,14)4-3-10-8-11-5-7(15-2)6-12-8/h5-6,9H,3-4H2,1-2H3,(H,10,11,12). The van der Waals surface area contributed by atoms with Crippen LogP contribution in [-0.2, 0) is 10.0 Å². The second kappa shape index (κ2) is 5.61. The molecule has 0 unspecified atom stereocenters. The van der Waals surface area contributed by atoms with Crippen LogP contribution in [0.15, 0.2) is 12.4 Å². The van der Waals surface area contributed by atoms with Crippen molar-refractivity contribution < 1.29 is 13.2 Å². The van der Waals surface area contributed by atoms with Crippen molar-refractivity contribution in [3.05, 3.63) is 12.4 Å². The molecule has 1 rings (SSSR count). The van der Waals surface area contributed by atoms with Crippen molar-refractivity contribution in [1.82, 2.24) is 14.7 Å². The van der Waals surface area contributed by atoms with Crippen molar-refractivity contribution >= 4 is 16.0 Å². The Balaban J connectivity index is 2.43. The van der Waals surface area contributed by atoms with Crippen LogP contribution in [0.3, 0.4) is 0 Å². The number of anilines is 1. The predicted octanol–water partition coefficient (Wildman–Crippen LogP) is -0.554. The van der Waals surface area contributed by atoms with Gasteiger partial charge >= 0.3 is 0 Å². The number of nitrogens with one attached hydrogen (secondary N) is 2. The summed E-state index contributed by atoms with van der Waals surface area (Å²) in [4.78, 5) is 7.86. The van der Waals surface area contributed by atoms with Crippen molar-refractivity contribution in [2.75, 3.05) is 31.8 Å². The van der Waals surface area contributed by atoms with E-state index in [1.165, 1.54) is 26.6 Å². The van der Waals surface area contributed by atoms with E-state index in [2.05, 4.69) is 20.0 Å². The van der Waals surface area contributed by atoms with E-state index in [1.807, 2.05) is 0 Å². The van der Waals surface area contributed by atoms with E-state index >= 15 is 0 Å². The molecule has 0 spiro atoms. The molecule has 90 valence electrons. The van der Waals surface area contributed by atoms with Crippen LogP contribution in [0.4, 0.5) is 5.95 Å². The van der Waals surface area contributed by atoms with Gasteiger partial charge in [0.05, 0.1) is 25.3 Å². The van der Waals surface area contributed by atoms with Crippen LogP contribution in [0.5, 0.6) is 5.75 Å². The molecular weight excluding hydrogens is 232 g/mol. The van der Waals surface area contributed by atoms with Crippen LogP contribution in [0.25, 0.3) is 0 Å². The zero-order valence-electron chi connectivity index (χ0n) is 9.10. The maximum atomic E-state index is 11.1. The van der Waals surface area contributed by atoms with Crippen molar-refractivity contribution in [2.45, 2.75) is 0 Å². The first kappa shape index (κ1) is 12.7. The van der Waals surface area contributed by atoms with Gasteiger partial charge in [0.15, 0.2) is 5.75 Å². The molecule has 0 radical (unpaired) electrons. The van der Waals surface area contributed by atoms with Crippen molar-refractivity contribution in [3.63, 3.8) is 0 Å². The lowest BCUT2D eigenvalue weighted by molar-refractivity contribution is 0.411. The van der Waals surface area contributed by atoms with E-state index in [9.17, 15) is 8.42 Å². The lowest BCUT2D eigenvalue weighted by Gasteiger charge is -2.05. The Morgan fingerprint density at radius 2 is 2.00 bits per heavy atom. The lowest BCUT2D eigenvalue weighted by Crippen LogP contribution is -2.26. The van der Waals surface area contributed by atoms with Gasteiger partial charge in [0, 0.05) is 6.54 Å². The summed E-state index contributed by atoms with van der Waals surface area (Å²) in [5, 5.41) is 2.79. The third-order valence-electron chi connectivity index (χ3n) is 1.83. The van der Waals surface area contributed by atoms with E-state index in [0.29, 0.717) is 11.7 Å². The second-order valence-corrected chi connectivity index (χ2v) is 4.94. The molecule has 0 fully saturated rings. The van der Waals surface area contributed by atoms with E-state index in [1.54, 1.807) is 0 Å². The number of hydrogen-bond donors (Lipinski definition) is 2. The topological polar surface area (TPSA) is 93.2 Å². The van der Waals surface area contributed by atoms with Crippen LogP contribution in [0, 0.1) is 0 Å². The molecule has 16 heavy (non-hydrogen) atoms. The van der Waals surface area contributed by atoms with Crippen molar-refractivity contribution in [3.8, 4) is 5.75 Å². The second-order valence-electron chi connectivity index (χ2n) is 2.90. The minimum atomic E-state index is -3.20. The molecule has 2 N–H and O–H groups in total. The summed E-state index contributed by atoms with van der Waals surface area (Å²) in [7, 11) is -0.302. The maximum absolute atomic E-state index is 11.1. The number of rotatable bonds is 6. The molecule has 0 bridgehead atoms. The van der Waals surface area contributed by atoms with Gasteiger partial charge in [0.2, 0.25) is 16.0 Å². The molecule has 0 atom stereocenters. The first-order valence-corrected chi connectivity index (χ1v) is 6.24. The molecule has 0 aliphatic rings. The summed E-state index contributed by atoms with van der Waals surface area (Å²) in [6.07, 6.45) is 3.00. The predicted molar refractivity (Wildman–Crippen MR) is 59.9 cm³/mol. The number of aromatic nitrogens is 2. The zero-order valence-corrected chi connectivity index (χ0v) is 9.91. The van der Waals surface area contributed by atoms with Crippen LogP contribution in [-0.4, -0.2) is 44.8 Å². The fourth-order valence-electron chi connectivity index (χ4n) is 0.912. The minimum absolute atomic E-state index is 0.0289. The summed E-state index contributed by atoms with van der Waals surface area (Å²) in [5.74, 6) is 0.888. The lowest BCUT2D eigenvalue weighted by atomic mass is 10.6. The third-order valence-corrected chi connectivity index (χ3v) is 3.19. The average Bonchev–Trinajstić information content (AvgIpc) is 2.30. The van der Waals surface area contributed by atoms with Gasteiger partial charge in [-0.15, -0.1) is 0 Å². The molecule has 0 amide bonds. The van der Waals surface area contributed by atoms with E-state index in [4.69, 9.17) is 4.74 Å².